The number of esters is 1. The molecule has 0 heterocycles. The van der Waals surface area contributed by atoms with Gasteiger partial charge in [-0.05, 0) is 44.1 Å². The summed E-state index contributed by atoms with van der Waals surface area (Å²) in [5, 5.41) is 11.1. The summed E-state index contributed by atoms with van der Waals surface area (Å²) in [6.07, 6.45) is 6.27. The van der Waals surface area contributed by atoms with Gasteiger partial charge in [0.2, 0.25) is 0 Å². The highest BCUT2D eigenvalue weighted by molar-refractivity contribution is 5.92. The summed E-state index contributed by atoms with van der Waals surface area (Å²) in [4.78, 5) is 40.9. The molecular weight excluding hydrogens is 386 g/mol. The van der Waals surface area contributed by atoms with E-state index in [0.717, 1.165) is 0 Å². The highest BCUT2D eigenvalue weighted by Crippen LogP contribution is 2.44. The highest BCUT2D eigenvalue weighted by Gasteiger charge is 2.46. The molecule has 0 aliphatic heterocycles. The molecule has 0 fully saturated rings. The van der Waals surface area contributed by atoms with Crippen LogP contribution in [0.4, 0.5) is 0 Å². The van der Waals surface area contributed by atoms with Gasteiger partial charge >= 0.3 is 11.9 Å². The van der Waals surface area contributed by atoms with E-state index >= 15 is 0 Å². The summed E-state index contributed by atoms with van der Waals surface area (Å²) in [6.45, 7) is 12.5. The van der Waals surface area contributed by atoms with Crippen molar-refractivity contribution in [1.29, 1.82) is 0 Å². The van der Waals surface area contributed by atoms with Gasteiger partial charge in [-0.1, -0.05) is 26.5 Å². The predicted molar refractivity (Wildman–Crippen MR) is 114 cm³/mol. The summed E-state index contributed by atoms with van der Waals surface area (Å²) >= 11 is 0. The third-order valence-electron chi connectivity index (χ3n) is 5.11. The van der Waals surface area contributed by atoms with Crippen LogP contribution in [0.1, 0.15) is 41.0 Å². The molecule has 1 aliphatic rings. The van der Waals surface area contributed by atoms with Crippen LogP contribution in [0.15, 0.2) is 47.6 Å². The Morgan fingerprint density at radius 1 is 1.30 bits per heavy atom. The van der Waals surface area contributed by atoms with Crippen LogP contribution in [0.5, 0.6) is 0 Å². The molecule has 1 atom stereocenters. The monoisotopic (exact) mass is 420 g/mol. The summed E-state index contributed by atoms with van der Waals surface area (Å²) in [5.74, 6) is -1.07. The van der Waals surface area contributed by atoms with Crippen LogP contribution in [0.25, 0.3) is 0 Å². The number of quaternary nitrogens is 1. The first-order chi connectivity index (χ1) is 13.6. The van der Waals surface area contributed by atoms with Gasteiger partial charge in [-0.15, -0.1) is 4.65 Å². The lowest BCUT2D eigenvalue weighted by atomic mass is 9.64. The molecule has 7 nitrogen and oxygen atoms in total. The number of likely N-dealkylation sites (N-methyl/N-ethyl adjacent to an activating group) is 1. The zero-order valence-corrected chi connectivity index (χ0v) is 19.1. The molecule has 0 saturated heterocycles. The molecule has 0 radical (unpaired) electrons. The molecule has 1 N–H and O–H groups in total. The summed E-state index contributed by atoms with van der Waals surface area (Å²) in [5.41, 5.74) is -0.497. The third kappa shape index (κ3) is 6.78. The number of hydrogen-bond acceptors (Lipinski definition) is 6. The Bertz CT molecular complexity index is 816. The van der Waals surface area contributed by atoms with Gasteiger partial charge in [-0.3, -0.25) is 9.63 Å². The molecular formula is C23H34NO6+. The van der Waals surface area contributed by atoms with Crippen LogP contribution in [0.2, 0.25) is 0 Å². The number of hydroxylamine groups is 3. The van der Waals surface area contributed by atoms with E-state index in [1.807, 2.05) is 13.8 Å². The molecule has 1 aliphatic carbocycles. The fourth-order valence-electron chi connectivity index (χ4n) is 3.15. The van der Waals surface area contributed by atoms with Gasteiger partial charge in [0, 0.05) is 23.5 Å². The van der Waals surface area contributed by atoms with Crippen LogP contribution < -0.4 is 0 Å². The smallest absolute Gasteiger partial charge is 0.390 e. The van der Waals surface area contributed by atoms with E-state index in [9.17, 15) is 19.5 Å². The van der Waals surface area contributed by atoms with Gasteiger partial charge in [0.25, 0.3) is 0 Å². The maximum absolute atomic E-state index is 12.3. The van der Waals surface area contributed by atoms with Crippen LogP contribution >= 0.6 is 0 Å². The maximum atomic E-state index is 12.3. The Morgan fingerprint density at radius 2 is 1.90 bits per heavy atom. The normalized spacial score (nSPS) is 21.9. The zero-order chi connectivity index (χ0) is 23.3. The molecule has 30 heavy (non-hydrogen) atoms. The Labute approximate surface area is 178 Å². The second-order valence-electron chi connectivity index (χ2n) is 8.97. The van der Waals surface area contributed by atoms with E-state index in [-0.39, 0.29) is 30.0 Å². The van der Waals surface area contributed by atoms with E-state index in [0.29, 0.717) is 16.7 Å². The Kier molecular flexibility index (Phi) is 8.11. The summed E-state index contributed by atoms with van der Waals surface area (Å²) in [7, 11) is 3.34. The van der Waals surface area contributed by atoms with Gasteiger partial charge in [0.1, 0.15) is 26.3 Å². The van der Waals surface area contributed by atoms with Gasteiger partial charge in [0.15, 0.2) is 12.3 Å². The number of carbonyl (C=O) groups is 3. The van der Waals surface area contributed by atoms with Crippen molar-refractivity contribution < 1.29 is 33.7 Å². The van der Waals surface area contributed by atoms with Crippen LogP contribution in [0, 0.1) is 5.41 Å². The molecule has 0 spiro atoms. The van der Waals surface area contributed by atoms with E-state index in [4.69, 9.17) is 9.57 Å². The van der Waals surface area contributed by atoms with Crippen molar-refractivity contribution in [1.82, 2.24) is 0 Å². The first-order valence-electron chi connectivity index (χ1n) is 9.80. The molecule has 0 aromatic heterocycles. The lowest BCUT2D eigenvalue weighted by molar-refractivity contribution is -1.06. The van der Waals surface area contributed by atoms with E-state index in [2.05, 4.69) is 6.58 Å². The van der Waals surface area contributed by atoms with Crippen molar-refractivity contribution in [2.45, 2.75) is 46.6 Å². The van der Waals surface area contributed by atoms with Crippen LogP contribution in [0.3, 0.4) is 0 Å². The average Bonchev–Trinajstić information content (AvgIpc) is 2.56. The standard InChI is InChI=1S/C23H34NO6/c1-16(2)21(27)29-12-11-24(7,8)30-20(26)13-17(3)9-10-23(28)18(4)14-19(25)15-22(23,5)6/h9-10,13-14,28H,1,11-12,15H2,2-8H3/q+1/b10-9+,17-13-. The van der Waals surface area contributed by atoms with Crippen molar-refractivity contribution in [2.24, 2.45) is 5.41 Å². The Balaban J connectivity index is 2.78. The van der Waals surface area contributed by atoms with E-state index < -0.39 is 23.0 Å². The average molecular weight is 421 g/mol. The van der Waals surface area contributed by atoms with Gasteiger partial charge < -0.3 is 9.84 Å². The SMILES string of the molecule is C=C(C)C(=O)OCC[N+](C)(C)OC(=O)/C=C(C)\C=C\C1(O)C(C)=CC(=O)CC1(C)C. The fraction of sp³-hybridized carbons (Fsp3) is 0.522. The summed E-state index contributed by atoms with van der Waals surface area (Å²) in [6, 6.07) is 0. The summed E-state index contributed by atoms with van der Waals surface area (Å²) < 4.78 is 4.90. The molecule has 0 saturated carbocycles. The Hall–Kier alpha value is -2.51. The molecule has 1 unspecified atom stereocenters. The van der Waals surface area contributed by atoms with Crippen LogP contribution in [-0.2, 0) is 24.0 Å². The second kappa shape index (κ2) is 9.53. The van der Waals surface area contributed by atoms with Crippen LogP contribution in [-0.4, -0.2) is 60.3 Å². The minimum atomic E-state index is -1.29. The lowest BCUT2D eigenvalue weighted by Crippen LogP contribution is -2.48. The number of allylic oxidation sites excluding steroid dienone is 3. The first kappa shape index (κ1) is 25.5. The lowest BCUT2D eigenvalue weighted by Gasteiger charge is -2.44. The van der Waals surface area contributed by atoms with Gasteiger partial charge in [-0.25, -0.2) is 9.59 Å². The number of aliphatic hydroxyl groups is 1. The van der Waals surface area contributed by atoms with Crippen molar-refractivity contribution in [3.8, 4) is 0 Å². The molecule has 0 aromatic rings. The highest BCUT2D eigenvalue weighted by atomic mass is 16.7. The van der Waals surface area contributed by atoms with Crippen molar-refractivity contribution in [2.75, 3.05) is 27.2 Å². The van der Waals surface area contributed by atoms with Gasteiger partial charge in [0.05, 0.1) is 0 Å². The quantitative estimate of drug-likeness (QED) is 0.214. The molecule has 1 rings (SSSR count). The Morgan fingerprint density at radius 3 is 2.43 bits per heavy atom. The topological polar surface area (TPSA) is 89.9 Å². The zero-order valence-electron chi connectivity index (χ0n) is 19.1. The third-order valence-corrected chi connectivity index (χ3v) is 5.11. The number of rotatable bonds is 8. The first-order valence-corrected chi connectivity index (χ1v) is 9.80. The largest absolute Gasteiger partial charge is 0.456 e. The number of hydrogen-bond donors (Lipinski definition) is 1. The fourth-order valence-corrected chi connectivity index (χ4v) is 3.15. The van der Waals surface area contributed by atoms with Crippen molar-refractivity contribution in [3.05, 3.63) is 47.6 Å². The van der Waals surface area contributed by atoms with Crippen molar-refractivity contribution >= 4 is 17.7 Å². The molecule has 0 aromatic carbocycles. The van der Waals surface area contributed by atoms with Crippen molar-refractivity contribution in [3.63, 3.8) is 0 Å². The maximum Gasteiger partial charge on any atom is 0.390 e. The van der Waals surface area contributed by atoms with E-state index in [1.165, 1.54) is 12.2 Å². The van der Waals surface area contributed by atoms with Gasteiger partial charge in [-0.2, -0.15) is 0 Å². The number of nitrogens with zero attached hydrogens (tertiary/aromatic N) is 1. The number of ether oxygens (including phenoxy) is 1. The molecule has 0 bridgehead atoms. The molecule has 7 heteroatoms. The minimum Gasteiger partial charge on any atom is -0.456 e. The number of ketones is 1. The number of carbonyl (C=O) groups excluding carboxylic acids is 3. The minimum absolute atomic E-state index is 0.0136. The predicted octanol–water partition coefficient (Wildman–Crippen LogP) is 2.82. The second-order valence-corrected chi connectivity index (χ2v) is 8.97. The molecule has 166 valence electrons. The molecule has 0 amide bonds. The van der Waals surface area contributed by atoms with E-state index in [1.54, 1.807) is 47.0 Å².